The van der Waals surface area contributed by atoms with Crippen LogP contribution in [-0.2, 0) is 6.42 Å². The van der Waals surface area contributed by atoms with E-state index in [-0.39, 0.29) is 5.92 Å². The summed E-state index contributed by atoms with van der Waals surface area (Å²) in [5.41, 5.74) is 0.921. The largest absolute Gasteiger partial charge is 0.316 e. The Bertz CT molecular complexity index is 392. The van der Waals surface area contributed by atoms with E-state index in [0.29, 0.717) is 12.5 Å². The average molecular weight is 265 g/mol. The van der Waals surface area contributed by atoms with Crippen molar-refractivity contribution < 1.29 is 4.39 Å². The van der Waals surface area contributed by atoms with Gasteiger partial charge in [-0.3, -0.25) is 4.68 Å². The van der Waals surface area contributed by atoms with Crippen LogP contribution in [0.25, 0.3) is 0 Å². The minimum Gasteiger partial charge on any atom is -0.316 e. The van der Waals surface area contributed by atoms with Crippen molar-refractivity contribution in [3.05, 3.63) is 18.0 Å². The van der Waals surface area contributed by atoms with Crippen LogP contribution in [0.4, 0.5) is 4.39 Å². The third kappa shape index (κ3) is 3.16. The van der Waals surface area contributed by atoms with E-state index in [9.17, 15) is 4.39 Å². The lowest BCUT2D eigenvalue weighted by Crippen LogP contribution is -2.35. The van der Waals surface area contributed by atoms with Crippen LogP contribution in [0.5, 0.6) is 0 Å². The van der Waals surface area contributed by atoms with Gasteiger partial charge < -0.3 is 5.32 Å². The minimum atomic E-state index is -0.750. The lowest BCUT2D eigenvalue weighted by molar-refractivity contribution is 0.189. The van der Waals surface area contributed by atoms with Gasteiger partial charge in [0.05, 0.1) is 11.7 Å². The van der Waals surface area contributed by atoms with Gasteiger partial charge in [0, 0.05) is 25.1 Å². The lowest BCUT2D eigenvalue weighted by Gasteiger charge is -2.25. The van der Waals surface area contributed by atoms with E-state index in [1.54, 1.807) is 0 Å². The van der Waals surface area contributed by atoms with Crippen LogP contribution in [0.3, 0.4) is 0 Å². The van der Waals surface area contributed by atoms with Gasteiger partial charge in [0.1, 0.15) is 6.17 Å². The summed E-state index contributed by atoms with van der Waals surface area (Å²) >= 11 is 0. The van der Waals surface area contributed by atoms with E-state index in [1.807, 2.05) is 12.3 Å². The van der Waals surface area contributed by atoms with E-state index in [2.05, 4.69) is 15.1 Å². The Kier molecular flexibility index (Phi) is 4.16. The summed E-state index contributed by atoms with van der Waals surface area (Å²) in [5.74, 6) is 0.172. The van der Waals surface area contributed by atoms with E-state index in [0.717, 1.165) is 31.6 Å². The summed E-state index contributed by atoms with van der Waals surface area (Å²) in [5, 5.41) is 7.87. The maximum absolute atomic E-state index is 14.3. The van der Waals surface area contributed by atoms with Crippen molar-refractivity contribution in [1.82, 2.24) is 15.1 Å². The third-order valence-corrected chi connectivity index (χ3v) is 4.61. The van der Waals surface area contributed by atoms with Gasteiger partial charge in [-0.1, -0.05) is 12.8 Å². The van der Waals surface area contributed by atoms with Gasteiger partial charge in [0.25, 0.3) is 0 Å². The molecule has 1 aromatic heterocycles. The predicted molar refractivity (Wildman–Crippen MR) is 73.9 cm³/mol. The van der Waals surface area contributed by atoms with E-state index in [4.69, 9.17) is 0 Å². The second-order valence-electron chi connectivity index (χ2n) is 6.05. The first kappa shape index (κ1) is 13.1. The SMILES string of the molecule is FC(Cc1ccn(C2CCCC2)n1)C1CCCNC1. The molecule has 3 rings (SSSR count). The molecule has 0 bridgehead atoms. The normalized spacial score (nSPS) is 26.7. The van der Waals surface area contributed by atoms with Crippen molar-refractivity contribution in [2.24, 2.45) is 5.92 Å². The number of piperidine rings is 1. The van der Waals surface area contributed by atoms with Crippen molar-refractivity contribution in [2.75, 3.05) is 13.1 Å². The summed E-state index contributed by atoms with van der Waals surface area (Å²) in [6, 6.07) is 2.56. The highest BCUT2D eigenvalue weighted by Gasteiger charge is 2.24. The van der Waals surface area contributed by atoms with Crippen molar-refractivity contribution in [3.63, 3.8) is 0 Å². The third-order valence-electron chi connectivity index (χ3n) is 4.61. The molecule has 2 aliphatic rings. The van der Waals surface area contributed by atoms with Gasteiger partial charge in [0.15, 0.2) is 0 Å². The van der Waals surface area contributed by atoms with Crippen molar-refractivity contribution in [2.45, 2.75) is 57.2 Å². The second kappa shape index (κ2) is 6.04. The number of aromatic nitrogens is 2. The second-order valence-corrected chi connectivity index (χ2v) is 6.05. The number of rotatable bonds is 4. The quantitative estimate of drug-likeness (QED) is 0.907. The van der Waals surface area contributed by atoms with Crippen molar-refractivity contribution in [3.8, 4) is 0 Å². The topological polar surface area (TPSA) is 29.9 Å². The summed E-state index contributed by atoms with van der Waals surface area (Å²) in [6.45, 7) is 1.87. The van der Waals surface area contributed by atoms with Crippen LogP contribution in [0.2, 0.25) is 0 Å². The average Bonchev–Trinajstić information content (AvgIpc) is 3.10. The molecule has 106 valence electrons. The number of alkyl halides is 1. The van der Waals surface area contributed by atoms with Gasteiger partial charge in [-0.25, -0.2) is 4.39 Å². The molecule has 0 amide bonds. The number of hydrogen-bond acceptors (Lipinski definition) is 2. The summed E-state index contributed by atoms with van der Waals surface area (Å²) in [4.78, 5) is 0. The molecule has 1 aliphatic carbocycles. The van der Waals surface area contributed by atoms with E-state index >= 15 is 0 Å². The maximum atomic E-state index is 14.3. The van der Waals surface area contributed by atoms with Gasteiger partial charge in [-0.15, -0.1) is 0 Å². The fourth-order valence-corrected chi connectivity index (χ4v) is 3.41. The predicted octanol–water partition coefficient (Wildman–Crippen LogP) is 2.88. The first-order chi connectivity index (χ1) is 9.33. The molecule has 19 heavy (non-hydrogen) atoms. The molecule has 1 aromatic rings. The molecule has 1 N–H and O–H groups in total. The smallest absolute Gasteiger partial charge is 0.110 e. The molecule has 1 saturated heterocycles. The molecule has 0 spiro atoms. The fourth-order valence-electron chi connectivity index (χ4n) is 3.41. The monoisotopic (exact) mass is 265 g/mol. The summed E-state index contributed by atoms with van der Waals surface area (Å²) in [6.07, 6.45) is 8.94. The van der Waals surface area contributed by atoms with Crippen LogP contribution in [0.1, 0.15) is 50.3 Å². The Balaban J connectivity index is 1.56. The van der Waals surface area contributed by atoms with Gasteiger partial charge in [-0.2, -0.15) is 5.10 Å². The van der Waals surface area contributed by atoms with Crippen LogP contribution in [0.15, 0.2) is 12.3 Å². The Hall–Kier alpha value is -0.900. The van der Waals surface area contributed by atoms with Crippen LogP contribution >= 0.6 is 0 Å². The lowest BCUT2D eigenvalue weighted by atomic mass is 9.92. The zero-order valence-corrected chi connectivity index (χ0v) is 11.5. The molecule has 3 nitrogen and oxygen atoms in total. The molecule has 2 heterocycles. The van der Waals surface area contributed by atoms with E-state index < -0.39 is 6.17 Å². The molecule has 1 aliphatic heterocycles. The molecule has 0 aromatic carbocycles. The van der Waals surface area contributed by atoms with Gasteiger partial charge >= 0.3 is 0 Å². The fraction of sp³-hybridized carbons (Fsp3) is 0.800. The van der Waals surface area contributed by atoms with Crippen molar-refractivity contribution >= 4 is 0 Å². The van der Waals surface area contributed by atoms with Gasteiger partial charge in [-0.05, 0) is 38.3 Å². The molecule has 4 heteroatoms. The molecule has 2 unspecified atom stereocenters. The molecule has 1 saturated carbocycles. The molecule has 0 radical (unpaired) electrons. The van der Waals surface area contributed by atoms with Crippen LogP contribution in [0, 0.1) is 5.92 Å². The highest BCUT2D eigenvalue weighted by atomic mass is 19.1. The first-order valence-corrected chi connectivity index (χ1v) is 7.72. The number of halogens is 1. The van der Waals surface area contributed by atoms with Crippen LogP contribution in [-0.4, -0.2) is 29.0 Å². The highest BCUT2D eigenvalue weighted by molar-refractivity contribution is 5.02. The Labute approximate surface area is 114 Å². The number of hydrogen-bond donors (Lipinski definition) is 1. The van der Waals surface area contributed by atoms with E-state index in [1.165, 1.54) is 25.7 Å². The summed E-state index contributed by atoms with van der Waals surface area (Å²) < 4.78 is 16.3. The Morgan fingerprint density at radius 1 is 1.32 bits per heavy atom. The zero-order chi connectivity index (χ0) is 13.1. The minimum absolute atomic E-state index is 0.172. The maximum Gasteiger partial charge on any atom is 0.110 e. The summed E-state index contributed by atoms with van der Waals surface area (Å²) in [7, 11) is 0. The molecule has 2 atom stereocenters. The Morgan fingerprint density at radius 3 is 2.89 bits per heavy atom. The first-order valence-electron chi connectivity index (χ1n) is 7.72. The number of nitrogens with one attached hydrogen (secondary N) is 1. The zero-order valence-electron chi connectivity index (χ0n) is 11.5. The number of nitrogens with zero attached hydrogens (tertiary/aromatic N) is 2. The molecular formula is C15H24FN3. The standard InChI is InChI=1S/C15H24FN3/c16-15(12-4-3-8-17-11-12)10-13-7-9-19(18-13)14-5-1-2-6-14/h7,9,12,14-15,17H,1-6,8,10-11H2. The van der Waals surface area contributed by atoms with Crippen LogP contribution < -0.4 is 5.32 Å². The molecular weight excluding hydrogens is 241 g/mol. The van der Waals surface area contributed by atoms with Crippen molar-refractivity contribution in [1.29, 1.82) is 0 Å². The molecule has 2 fully saturated rings. The Morgan fingerprint density at radius 2 is 2.16 bits per heavy atom. The highest BCUT2D eigenvalue weighted by Crippen LogP contribution is 2.29. The van der Waals surface area contributed by atoms with Gasteiger partial charge in [0.2, 0.25) is 0 Å².